The first-order valence-corrected chi connectivity index (χ1v) is 3.94. The first-order chi connectivity index (χ1) is 6.02. The van der Waals surface area contributed by atoms with Crippen LogP contribution in [0.5, 0.6) is 5.75 Å². The second kappa shape index (κ2) is 3.72. The van der Waals surface area contributed by atoms with E-state index in [1.165, 1.54) is 19.1 Å². The zero-order valence-electron chi connectivity index (χ0n) is 7.24. The van der Waals surface area contributed by atoms with E-state index in [1.807, 2.05) is 0 Å². The van der Waals surface area contributed by atoms with Crippen LogP contribution < -0.4 is 5.73 Å². The molecule has 4 heteroatoms. The molecule has 72 valence electrons. The highest BCUT2D eigenvalue weighted by atomic mass is 19.1. The molecule has 0 heterocycles. The van der Waals surface area contributed by atoms with Gasteiger partial charge in [-0.05, 0) is 13.0 Å². The van der Waals surface area contributed by atoms with Crippen LogP contribution in [0, 0.1) is 5.82 Å². The maximum absolute atomic E-state index is 12.5. The van der Waals surface area contributed by atoms with Gasteiger partial charge in [0.1, 0.15) is 11.6 Å². The third-order valence-electron chi connectivity index (χ3n) is 1.87. The van der Waals surface area contributed by atoms with Gasteiger partial charge in [0.25, 0.3) is 0 Å². The normalized spacial score (nSPS) is 15.4. The zero-order valence-corrected chi connectivity index (χ0v) is 7.24. The summed E-state index contributed by atoms with van der Waals surface area (Å²) in [7, 11) is 0. The van der Waals surface area contributed by atoms with Gasteiger partial charge >= 0.3 is 0 Å². The number of aliphatic hydroxyl groups is 1. The lowest BCUT2D eigenvalue weighted by molar-refractivity contribution is 0.162. The van der Waals surface area contributed by atoms with E-state index in [0.717, 1.165) is 6.07 Å². The van der Waals surface area contributed by atoms with Crippen molar-refractivity contribution >= 4 is 0 Å². The number of hydrogen-bond donors (Lipinski definition) is 3. The number of nitrogens with two attached hydrogens (primary N) is 1. The largest absolute Gasteiger partial charge is 0.508 e. The molecule has 1 unspecified atom stereocenters. The quantitative estimate of drug-likeness (QED) is 0.641. The van der Waals surface area contributed by atoms with Gasteiger partial charge in [0.05, 0.1) is 12.1 Å². The summed E-state index contributed by atoms with van der Waals surface area (Å²) < 4.78 is 12.5. The van der Waals surface area contributed by atoms with Gasteiger partial charge < -0.3 is 15.9 Å². The molecule has 0 bridgehead atoms. The zero-order chi connectivity index (χ0) is 10.0. The monoisotopic (exact) mass is 185 g/mol. The molecule has 1 aromatic rings. The molecule has 0 fully saturated rings. The van der Waals surface area contributed by atoms with Crippen molar-refractivity contribution in [1.29, 1.82) is 0 Å². The van der Waals surface area contributed by atoms with Gasteiger partial charge in [-0.3, -0.25) is 0 Å². The Balaban J connectivity index is 3.01. The van der Waals surface area contributed by atoms with E-state index in [1.54, 1.807) is 0 Å². The Morgan fingerprint density at radius 1 is 1.46 bits per heavy atom. The topological polar surface area (TPSA) is 66.5 Å². The summed E-state index contributed by atoms with van der Waals surface area (Å²) in [6, 6.07) is 2.83. The Labute approximate surface area is 75.6 Å². The summed E-state index contributed by atoms with van der Waals surface area (Å²) in [6.07, 6.45) is -0.781. The Morgan fingerprint density at radius 3 is 2.54 bits per heavy atom. The highest BCUT2D eigenvalue weighted by Crippen LogP contribution is 2.25. The molecule has 0 aliphatic rings. The summed E-state index contributed by atoms with van der Waals surface area (Å²) in [5, 5.41) is 18.4. The number of aromatic hydroxyl groups is 1. The Kier molecular flexibility index (Phi) is 2.85. The number of phenolic OH excluding ortho intramolecular Hbond substituents is 1. The van der Waals surface area contributed by atoms with Gasteiger partial charge in [-0.25, -0.2) is 4.39 Å². The van der Waals surface area contributed by atoms with Crippen molar-refractivity contribution in [2.75, 3.05) is 0 Å². The highest BCUT2D eigenvalue weighted by Gasteiger charge is 2.15. The average Bonchev–Trinajstić information content (AvgIpc) is 2.03. The van der Waals surface area contributed by atoms with Crippen molar-refractivity contribution < 1.29 is 14.6 Å². The molecular weight excluding hydrogens is 173 g/mol. The van der Waals surface area contributed by atoms with Crippen LogP contribution in [0.1, 0.15) is 18.5 Å². The molecule has 0 radical (unpaired) electrons. The number of rotatable bonds is 2. The van der Waals surface area contributed by atoms with E-state index in [2.05, 4.69) is 0 Å². The van der Waals surface area contributed by atoms with Crippen molar-refractivity contribution in [3.05, 3.63) is 29.6 Å². The van der Waals surface area contributed by atoms with Crippen LogP contribution in [0.4, 0.5) is 4.39 Å². The SMILES string of the molecule is CC(O)[C@@H](N)c1ccc(F)cc1O. The number of hydrogen-bond acceptors (Lipinski definition) is 3. The van der Waals surface area contributed by atoms with Gasteiger partial charge in [0.2, 0.25) is 0 Å². The molecule has 0 saturated carbocycles. The Morgan fingerprint density at radius 2 is 2.08 bits per heavy atom. The van der Waals surface area contributed by atoms with Crippen molar-refractivity contribution in [1.82, 2.24) is 0 Å². The van der Waals surface area contributed by atoms with E-state index in [-0.39, 0.29) is 5.75 Å². The number of halogens is 1. The molecule has 1 aromatic carbocycles. The van der Waals surface area contributed by atoms with Gasteiger partial charge in [-0.15, -0.1) is 0 Å². The van der Waals surface area contributed by atoms with Crippen molar-refractivity contribution in [2.24, 2.45) is 5.73 Å². The van der Waals surface area contributed by atoms with E-state index in [9.17, 15) is 9.50 Å². The van der Waals surface area contributed by atoms with Crippen LogP contribution in [-0.2, 0) is 0 Å². The molecule has 0 aromatic heterocycles. The summed E-state index contributed by atoms with van der Waals surface area (Å²) in [6.45, 7) is 1.51. The second-order valence-electron chi connectivity index (χ2n) is 2.97. The first-order valence-electron chi connectivity index (χ1n) is 3.94. The van der Waals surface area contributed by atoms with Crippen LogP contribution in [0.15, 0.2) is 18.2 Å². The Bertz CT molecular complexity index is 302. The number of benzene rings is 1. The highest BCUT2D eigenvalue weighted by molar-refractivity contribution is 5.35. The third-order valence-corrected chi connectivity index (χ3v) is 1.87. The standard InChI is InChI=1S/C9H12FNO2/c1-5(12)9(11)7-3-2-6(10)4-8(7)13/h2-5,9,12-13H,11H2,1H3/t5?,9-/m1/s1. The predicted molar refractivity (Wildman–Crippen MR) is 46.7 cm³/mol. The molecule has 4 N–H and O–H groups in total. The first kappa shape index (κ1) is 9.95. The van der Waals surface area contributed by atoms with Gasteiger partial charge in [0, 0.05) is 11.6 Å². The lowest BCUT2D eigenvalue weighted by atomic mass is 10.0. The van der Waals surface area contributed by atoms with Crippen LogP contribution in [0.25, 0.3) is 0 Å². The molecule has 13 heavy (non-hydrogen) atoms. The smallest absolute Gasteiger partial charge is 0.126 e. The minimum absolute atomic E-state index is 0.228. The van der Waals surface area contributed by atoms with E-state index < -0.39 is 18.0 Å². The molecule has 2 atom stereocenters. The summed E-state index contributed by atoms with van der Waals surface area (Å²) >= 11 is 0. The van der Waals surface area contributed by atoms with Gasteiger partial charge in [-0.2, -0.15) is 0 Å². The van der Waals surface area contributed by atoms with Crippen molar-refractivity contribution in [2.45, 2.75) is 19.1 Å². The van der Waals surface area contributed by atoms with Crippen LogP contribution >= 0.6 is 0 Å². The lowest BCUT2D eigenvalue weighted by Crippen LogP contribution is -2.23. The van der Waals surface area contributed by atoms with E-state index in [4.69, 9.17) is 10.8 Å². The summed E-state index contributed by atoms with van der Waals surface area (Å²) in [5.41, 5.74) is 5.90. The molecule has 0 aliphatic carbocycles. The third kappa shape index (κ3) is 2.17. The van der Waals surface area contributed by atoms with E-state index in [0.29, 0.717) is 5.56 Å². The van der Waals surface area contributed by atoms with Crippen LogP contribution in [-0.4, -0.2) is 16.3 Å². The molecule has 0 spiro atoms. The predicted octanol–water partition coefficient (Wildman–Crippen LogP) is 0.912. The molecule has 1 rings (SSSR count). The molecule has 3 nitrogen and oxygen atoms in total. The number of aliphatic hydroxyl groups excluding tert-OH is 1. The maximum atomic E-state index is 12.5. The summed E-state index contributed by atoms with van der Waals surface area (Å²) in [4.78, 5) is 0. The minimum Gasteiger partial charge on any atom is -0.508 e. The summed E-state index contributed by atoms with van der Waals surface area (Å²) in [5.74, 6) is -0.757. The fraction of sp³-hybridized carbons (Fsp3) is 0.333. The van der Waals surface area contributed by atoms with Gasteiger partial charge in [0.15, 0.2) is 0 Å². The molecule has 0 aliphatic heterocycles. The maximum Gasteiger partial charge on any atom is 0.126 e. The fourth-order valence-corrected chi connectivity index (χ4v) is 1.06. The molecular formula is C9H12FNO2. The average molecular weight is 185 g/mol. The van der Waals surface area contributed by atoms with E-state index >= 15 is 0 Å². The minimum atomic E-state index is -0.781. The van der Waals surface area contributed by atoms with Crippen molar-refractivity contribution in [3.63, 3.8) is 0 Å². The fourth-order valence-electron chi connectivity index (χ4n) is 1.06. The van der Waals surface area contributed by atoms with Crippen molar-refractivity contribution in [3.8, 4) is 5.75 Å². The van der Waals surface area contributed by atoms with Crippen LogP contribution in [0.2, 0.25) is 0 Å². The molecule has 0 saturated heterocycles. The lowest BCUT2D eigenvalue weighted by Gasteiger charge is -2.16. The van der Waals surface area contributed by atoms with Gasteiger partial charge in [-0.1, -0.05) is 6.07 Å². The molecule has 0 amide bonds. The Hall–Kier alpha value is -1.13. The van der Waals surface area contributed by atoms with Crippen LogP contribution in [0.3, 0.4) is 0 Å². The second-order valence-corrected chi connectivity index (χ2v) is 2.97. The number of phenols is 1.